The molecule has 0 spiro atoms. The largest absolute Gasteiger partial charge is 0.352 e. The van der Waals surface area contributed by atoms with Gasteiger partial charge in [-0.05, 0) is 87.3 Å². The molecule has 6 aromatic rings. The molecule has 2 aromatic heterocycles. The number of nitrogens with one attached hydrogen (secondary N) is 4. The lowest BCUT2D eigenvalue weighted by atomic mass is 10.1. The van der Waals surface area contributed by atoms with Gasteiger partial charge in [0.05, 0.1) is 44.2 Å². The molecule has 0 unspecified atom stereocenters. The van der Waals surface area contributed by atoms with Crippen molar-refractivity contribution in [1.29, 1.82) is 0 Å². The average molecular weight is 615 g/mol. The van der Waals surface area contributed by atoms with Crippen LogP contribution in [0.4, 0.5) is 0 Å². The van der Waals surface area contributed by atoms with Gasteiger partial charge in [0.1, 0.15) is 11.0 Å². The van der Waals surface area contributed by atoms with Crippen molar-refractivity contribution in [1.82, 2.24) is 41.2 Å². The van der Waals surface area contributed by atoms with Crippen LogP contribution in [0.25, 0.3) is 44.1 Å². The Hall–Kier alpha value is -5.06. The van der Waals surface area contributed by atoms with Crippen LogP contribution in [0.15, 0.2) is 72.8 Å². The van der Waals surface area contributed by atoms with Gasteiger partial charge in [-0.15, -0.1) is 0 Å². The first-order valence-corrected chi connectivity index (χ1v) is 15.8. The molecule has 10 nitrogen and oxygen atoms in total. The summed E-state index contributed by atoms with van der Waals surface area (Å²) in [5, 5.41) is 12.8. The molecule has 0 aliphatic carbocycles. The zero-order chi connectivity index (χ0) is 31.9. The highest BCUT2D eigenvalue weighted by molar-refractivity contribution is 6.07. The Morgan fingerprint density at radius 2 is 0.870 bits per heavy atom. The zero-order valence-corrected chi connectivity index (χ0v) is 26.2. The van der Waals surface area contributed by atoms with Crippen molar-refractivity contribution in [2.75, 3.05) is 39.3 Å². The van der Waals surface area contributed by atoms with Crippen LogP contribution in [0.2, 0.25) is 0 Å². The van der Waals surface area contributed by atoms with E-state index in [1.54, 1.807) is 12.1 Å². The van der Waals surface area contributed by atoms with Gasteiger partial charge in [0.25, 0.3) is 11.8 Å². The summed E-state index contributed by atoms with van der Waals surface area (Å²) in [5.74, 6) is -0.280. The highest BCUT2D eigenvalue weighted by Gasteiger charge is 2.14. The Balaban J connectivity index is 0.865. The van der Waals surface area contributed by atoms with E-state index in [0.717, 1.165) is 72.2 Å². The van der Waals surface area contributed by atoms with E-state index in [1.165, 1.54) is 0 Å². The van der Waals surface area contributed by atoms with Gasteiger partial charge in [0.2, 0.25) is 0 Å². The standard InChI is InChI=1S/C36H38N8O2/c1-23-9-3-13-27-31(23)43-33-25(11-5-15-29(33)41-27)35(45)39-19-7-17-37-21-22-38-18-8-20-40-36(46)26-12-6-16-30-34(26)44-32-24(2)10-4-14-28(32)42-30/h3-6,9-16,37-38H,7-8,17-22H2,1-2H3,(H,39,45)(H,40,46). The SMILES string of the molecule is Cc1cccc2nc3cccc(C(=O)NCCCNCCNCCCNC(=O)c4cccc5nc6cccc(C)c6nc45)c3nc12. The third-order valence-electron chi connectivity index (χ3n) is 7.99. The van der Waals surface area contributed by atoms with E-state index < -0.39 is 0 Å². The van der Waals surface area contributed by atoms with Crippen molar-refractivity contribution in [3.63, 3.8) is 0 Å². The maximum absolute atomic E-state index is 12.9. The number of para-hydroxylation sites is 4. The molecule has 0 saturated heterocycles. The zero-order valence-electron chi connectivity index (χ0n) is 26.2. The second-order valence-corrected chi connectivity index (χ2v) is 11.4. The summed E-state index contributed by atoms with van der Waals surface area (Å²) >= 11 is 0. The van der Waals surface area contributed by atoms with Crippen LogP contribution in [0.5, 0.6) is 0 Å². The summed E-state index contributed by atoms with van der Waals surface area (Å²) in [6, 6.07) is 22.9. The fourth-order valence-electron chi connectivity index (χ4n) is 5.53. The molecule has 0 fully saturated rings. The molecular formula is C36H38N8O2. The summed E-state index contributed by atoms with van der Waals surface area (Å²) < 4.78 is 0. The number of hydrogen-bond acceptors (Lipinski definition) is 8. The van der Waals surface area contributed by atoms with Crippen molar-refractivity contribution in [3.05, 3.63) is 95.1 Å². The average Bonchev–Trinajstić information content (AvgIpc) is 3.07. The molecular weight excluding hydrogens is 576 g/mol. The third-order valence-corrected chi connectivity index (χ3v) is 7.99. The maximum atomic E-state index is 12.9. The molecule has 0 aliphatic heterocycles. The van der Waals surface area contributed by atoms with Crippen molar-refractivity contribution < 1.29 is 9.59 Å². The summed E-state index contributed by atoms with van der Waals surface area (Å²) in [7, 11) is 0. The third kappa shape index (κ3) is 6.93. The topological polar surface area (TPSA) is 134 Å². The number of amides is 2. The fourth-order valence-corrected chi connectivity index (χ4v) is 5.53. The van der Waals surface area contributed by atoms with Gasteiger partial charge in [0.15, 0.2) is 0 Å². The van der Waals surface area contributed by atoms with Gasteiger partial charge in [0, 0.05) is 26.2 Å². The molecule has 0 saturated carbocycles. The predicted octanol–water partition coefficient (Wildman–Crippen LogP) is 4.62. The number of carbonyl (C=O) groups excluding carboxylic acids is 2. The van der Waals surface area contributed by atoms with E-state index in [2.05, 4.69) is 21.3 Å². The number of carbonyl (C=O) groups is 2. The van der Waals surface area contributed by atoms with Gasteiger partial charge in [-0.2, -0.15) is 0 Å². The molecule has 46 heavy (non-hydrogen) atoms. The summed E-state index contributed by atoms with van der Waals surface area (Å²) in [4.78, 5) is 44.8. The quantitative estimate of drug-likeness (QED) is 0.109. The molecule has 4 aromatic carbocycles. The summed E-state index contributed by atoms with van der Waals surface area (Å²) in [6.07, 6.45) is 1.62. The van der Waals surface area contributed by atoms with E-state index in [-0.39, 0.29) is 11.8 Å². The van der Waals surface area contributed by atoms with Crippen LogP contribution in [0, 0.1) is 13.8 Å². The van der Waals surface area contributed by atoms with E-state index in [4.69, 9.17) is 19.9 Å². The lowest BCUT2D eigenvalue weighted by Gasteiger charge is -2.10. The van der Waals surface area contributed by atoms with Crippen LogP contribution < -0.4 is 21.3 Å². The fraction of sp³-hybridized carbons (Fsp3) is 0.278. The highest BCUT2D eigenvalue weighted by atomic mass is 16.2. The van der Waals surface area contributed by atoms with Crippen LogP contribution in [0.3, 0.4) is 0 Å². The minimum Gasteiger partial charge on any atom is -0.352 e. The van der Waals surface area contributed by atoms with Crippen LogP contribution in [-0.2, 0) is 0 Å². The molecule has 0 aliphatic rings. The summed E-state index contributed by atoms with van der Waals surface area (Å²) in [6.45, 7) is 8.34. The molecule has 10 heteroatoms. The van der Waals surface area contributed by atoms with Gasteiger partial charge in [-0.25, -0.2) is 19.9 Å². The monoisotopic (exact) mass is 614 g/mol. The predicted molar refractivity (Wildman–Crippen MR) is 183 cm³/mol. The molecule has 0 atom stereocenters. The molecule has 2 heterocycles. The number of hydrogen-bond donors (Lipinski definition) is 4. The van der Waals surface area contributed by atoms with Crippen LogP contribution in [0.1, 0.15) is 44.7 Å². The second kappa shape index (κ2) is 14.4. The molecule has 234 valence electrons. The van der Waals surface area contributed by atoms with E-state index in [1.807, 2.05) is 74.5 Å². The molecule has 0 radical (unpaired) electrons. The van der Waals surface area contributed by atoms with Gasteiger partial charge in [-0.1, -0.05) is 36.4 Å². The normalized spacial score (nSPS) is 11.4. The number of aromatic nitrogens is 4. The lowest BCUT2D eigenvalue weighted by molar-refractivity contribution is 0.0946. The van der Waals surface area contributed by atoms with Gasteiger partial charge >= 0.3 is 0 Å². The number of rotatable bonds is 13. The number of aryl methyl sites for hydroxylation is 2. The Kier molecular flexibility index (Phi) is 9.66. The smallest absolute Gasteiger partial charge is 0.253 e. The van der Waals surface area contributed by atoms with Crippen molar-refractivity contribution >= 4 is 55.9 Å². The van der Waals surface area contributed by atoms with Crippen LogP contribution >= 0.6 is 0 Å². The Bertz CT molecular complexity index is 1900. The Morgan fingerprint density at radius 3 is 1.30 bits per heavy atom. The first-order chi connectivity index (χ1) is 22.5. The number of fused-ring (bicyclic) bond motifs is 4. The van der Waals surface area contributed by atoms with Gasteiger partial charge in [-0.3, -0.25) is 9.59 Å². The Labute approximate surface area is 267 Å². The van der Waals surface area contributed by atoms with Crippen molar-refractivity contribution in [2.24, 2.45) is 0 Å². The van der Waals surface area contributed by atoms with Gasteiger partial charge < -0.3 is 21.3 Å². The van der Waals surface area contributed by atoms with E-state index in [9.17, 15) is 9.59 Å². The molecule has 4 N–H and O–H groups in total. The Morgan fingerprint density at radius 1 is 0.478 bits per heavy atom. The second-order valence-electron chi connectivity index (χ2n) is 11.4. The first-order valence-electron chi connectivity index (χ1n) is 15.8. The molecule has 0 bridgehead atoms. The summed E-state index contributed by atoms with van der Waals surface area (Å²) in [5.41, 5.74) is 9.11. The van der Waals surface area contributed by atoms with Crippen LogP contribution in [-0.4, -0.2) is 71.0 Å². The maximum Gasteiger partial charge on any atom is 0.253 e. The first kappa shape index (κ1) is 30.9. The van der Waals surface area contributed by atoms with E-state index in [0.29, 0.717) is 46.3 Å². The minimum absolute atomic E-state index is 0.140. The van der Waals surface area contributed by atoms with E-state index >= 15 is 0 Å². The highest BCUT2D eigenvalue weighted by Crippen LogP contribution is 2.23. The number of nitrogens with zero attached hydrogens (tertiary/aromatic N) is 4. The lowest BCUT2D eigenvalue weighted by Crippen LogP contribution is -2.32. The van der Waals surface area contributed by atoms with Crippen molar-refractivity contribution in [2.45, 2.75) is 26.7 Å². The molecule has 2 amide bonds. The van der Waals surface area contributed by atoms with Crippen molar-refractivity contribution in [3.8, 4) is 0 Å². The number of benzene rings is 4. The minimum atomic E-state index is -0.140. The molecule has 6 rings (SSSR count).